The van der Waals surface area contributed by atoms with E-state index in [0.717, 1.165) is 24.5 Å². The molecule has 0 bridgehead atoms. The Hall–Kier alpha value is -0.860. The molecule has 2 saturated carbocycles. The molecule has 2 N–H and O–H groups in total. The molecule has 2 heteroatoms. The summed E-state index contributed by atoms with van der Waals surface area (Å²) >= 11 is 0. The fourth-order valence-corrected chi connectivity index (χ4v) is 2.46. The molecule has 1 aromatic carbocycles. The quantitative estimate of drug-likeness (QED) is 0.702. The minimum Gasteiger partial charge on any atom is -0.314 e. The molecule has 2 aliphatic rings. The number of nitrogens with one attached hydrogen (secondary N) is 2. The highest BCUT2D eigenvalue weighted by atomic mass is 15.0. The van der Waals surface area contributed by atoms with Crippen molar-refractivity contribution in [3.05, 3.63) is 35.9 Å². The van der Waals surface area contributed by atoms with Gasteiger partial charge in [0.05, 0.1) is 0 Å². The van der Waals surface area contributed by atoms with Gasteiger partial charge in [-0.15, -0.1) is 0 Å². The van der Waals surface area contributed by atoms with Crippen molar-refractivity contribution in [2.75, 3.05) is 13.1 Å². The van der Waals surface area contributed by atoms with E-state index in [1.165, 1.54) is 37.8 Å². The minimum atomic E-state index is 0.735. The van der Waals surface area contributed by atoms with Gasteiger partial charge in [-0.1, -0.05) is 30.3 Å². The van der Waals surface area contributed by atoms with Gasteiger partial charge >= 0.3 is 0 Å². The fourth-order valence-electron chi connectivity index (χ4n) is 2.46. The molecule has 0 radical (unpaired) electrons. The number of rotatable bonds is 7. The summed E-state index contributed by atoms with van der Waals surface area (Å²) in [5, 5.41) is 7.21. The van der Waals surface area contributed by atoms with Crippen molar-refractivity contribution < 1.29 is 0 Å². The highest BCUT2D eigenvalue weighted by Gasteiger charge is 2.37. The molecule has 17 heavy (non-hydrogen) atoms. The molecule has 0 saturated heterocycles. The van der Waals surface area contributed by atoms with Crippen LogP contribution >= 0.6 is 0 Å². The first-order valence-electron chi connectivity index (χ1n) is 6.95. The number of hydrogen-bond acceptors (Lipinski definition) is 2. The van der Waals surface area contributed by atoms with Gasteiger partial charge in [0.25, 0.3) is 0 Å². The summed E-state index contributed by atoms with van der Waals surface area (Å²) in [6, 6.07) is 12.5. The molecule has 2 fully saturated rings. The number of benzene rings is 1. The van der Waals surface area contributed by atoms with Gasteiger partial charge in [0.2, 0.25) is 0 Å². The molecule has 0 amide bonds. The van der Waals surface area contributed by atoms with Gasteiger partial charge in [0.15, 0.2) is 0 Å². The zero-order chi connectivity index (χ0) is 11.5. The van der Waals surface area contributed by atoms with Crippen molar-refractivity contribution in [3.63, 3.8) is 0 Å². The summed E-state index contributed by atoms with van der Waals surface area (Å²) in [5.74, 6) is 0.771. The Balaban J connectivity index is 1.30. The highest BCUT2D eigenvalue weighted by molar-refractivity contribution is 5.27. The smallest absolute Gasteiger partial charge is 0.0143 e. The lowest BCUT2D eigenvalue weighted by Crippen LogP contribution is -2.25. The lowest BCUT2D eigenvalue weighted by molar-refractivity contribution is 0.586. The molecule has 0 heterocycles. The van der Waals surface area contributed by atoms with E-state index in [2.05, 4.69) is 41.0 Å². The van der Waals surface area contributed by atoms with E-state index in [9.17, 15) is 0 Å². The summed E-state index contributed by atoms with van der Waals surface area (Å²) < 4.78 is 0. The Morgan fingerprint density at radius 1 is 1.00 bits per heavy atom. The second-order valence-electron chi connectivity index (χ2n) is 5.40. The molecule has 1 aromatic rings. The monoisotopic (exact) mass is 230 g/mol. The maximum absolute atomic E-state index is 3.66. The Morgan fingerprint density at radius 2 is 1.76 bits per heavy atom. The van der Waals surface area contributed by atoms with Crippen LogP contribution < -0.4 is 10.6 Å². The largest absolute Gasteiger partial charge is 0.314 e. The maximum atomic E-state index is 3.66. The Kier molecular flexibility index (Phi) is 3.44. The Morgan fingerprint density at radius 3 is 2.53 bits per heavy atom. The molecule has 0 spiro atoms. The SMILES string of the molecule is c1ccc(C2CC2NCCCNC2CC2)cc1. The summed E-state index contributed by atoms with van der Waals surface area (Å²) in [6.07, 6.45) is 5.37. The summed E-state index contributed by atoms with van der Waals surface area (Å²) in [7, 11) is 0. The first-order chi connectivity index (χ1) is 8.43. The standard InChI is InChI=1S/C15H22N2/c1-2-5-12(6-3-1)14-11-15(14)17-10-4-9-16-13-7-8-13/h1-3,5-6,13-17H,4,7-11H2. The fraction of sp³-hybridized carbons (Fsp3) is 0.600. The lowest BCUT2D eigenvalue weighted by atomic mass is 10.1. The van der Waals surface area contributed by atoms with Crippen LogP contribution in [0.15, 0.2) is 30.3 Å². The Bertz CT molecular complexity index is 345. The van der Waals surface area contributed by atoms with E-state index in [1.807, 2.05) is 0 Å². The normalized spacial score (nSPS) is 27.1. The van der Waals surface area contributed by atoms with Gasteiger partial charge in [-0.05, 0) is 44.3 Å². The van der Waals surface area contributed by atoms with Gasteiger partial charge in [-0.3, -0.25) is 0 Å². The molecular weight excluding hydrogens is 208 g/mol. The molecule has 2 aliphatic carbocycles. The zero-order valence-corrected chi connectivity index (χ0v) is 10.4. The average Bonchev–Trinajstić information content (AvgIpc) is 3.25. The molecule has 2 unspecified atom stereocenters. The van der Waals surface area contributed by atoms with Crippen LogP contribution in [0.3, 0.4) is 0 Å². The van der Waals surface area contributed by atoms with Crippen LogP contribution in [0.5, 0.6) is 0 Å². The summed E-state index contributed by atoms with van der Waals surface area (Å²) in [4.78, 5) is 0. The van der Waals surface area contributed by atoms with Gasteiger partial charge < -0.3 is 10.6 Å². The van der Waals surface area contributed by atoms with Crippen molar-refractivity contribution in [1.29, 1.82) is 0 Å². The van der Waals surface area contributed by atoms with Crippen LogP contribution in [0, 0.1) is 0 Å². The van der Waals surface area contributed by atoms with E-state index in [1.54, 1.807) is 0 Å². The van der Waals surface area contributed by atoms with Crippen molar-refractivity contribution in [1.82, 2.24) is 10.6 Å². The minimum absolute atomic E-state index is 0.735. The van der Waals surface area contributed by atoms with E-state index in [-0.39, 0.29) is 0 Å². The Labute approximate surface area is 104 Å². The van der Waals surface area contributed by atoms with Crippen molar-refractivity contribution in [3.8, 4) is 0 Å². The average molecular weight is 230 g/mol. The van der Waals surface area contributed by atoms with Crippen molar-refractivity contribution in [2.24, 2.45) is 0 Å². The first kappa shape index (κ1) is 11.2. The molecule has 92 valence electrons. The van der Waals surface area contributed by atoms with Crippen LogP contribution in [0.1, 0.15) is 37.2 Å². The first-order valence-corrected chi connectivity index (χ1v) is 6.95. The predicted molar refractivity (Wildman–Crippen MR) is 71.2 cm³/mol. The van der Waals surface area contributed by atoms with E-state index in [4.69, 9.17) is 0 Å². The van der Waals surface area contributed by atoms with Gasteiger partial charge in [0, 0.05) is 18.0 Å². The summed E-state index contributed by atoms with van der Waals surface area (Å²) in [5.41, 5.74) is 1.50. The van der Waals surface area contributed by atoms with Crippen molar-refractivity contribution in [2.45, 2.75) is 43.7 Å². The van der Waals surface area contributed by atoms with Crippen molar-refractivity contribution >= 4 is 0 Å². The van der Waals surface area contributed by atoms with Crippen LogP contribution in [-0.4, -0.2) is 25.2 Å². The third-order valence-corrected chi connectivity index (χ3v) is 3.79. The lowest BCUT2D eigenvalue weighted by Gasteiger charge is -2.05. The van der Waals surface area contributed by atoms with E-state index in [0.29, 0.717) is 0 Å². The highest BCUT2D eigenvalue weighted by Crippen LogP contribution is 2.40. The van der Waals surface area contributed by atoms with Gasteiger partial charge in [-0.25, -0.2) is 0 Å². The molecule has 2 atom stereocenters. The van der Waals surface area contributed by atoms with Gasteiger partial charge in [0.1, 0.15) is 0 Å². The maximum Gasteiger partial charge on any atom is 0.0143 e. The summed E-state index contributed by atoms with van der Waals surface area (Å²) in [6.45, 7) is 2.34. The molecular formula is C15H22N2. The third-order valence-electron chi connectivity index (χ3n) is 3.79. The predicted octanol–water partition coefficient (Wildman–Crippen LogP) is 2.27. The molecule has 2 nitrogen and oxygen atoms in total. The van der Waals surface area contributed by atoms with Gasteiger partial charge in [-0.2, -0.15) is 0 Å². The van der Waals surface area contributed by atoms with Crippen LogP contribution in [0.2, 0.25) is 0 Å². The van der Waals surface area contributed by atoms with Crippen LogP contribution in [0.4, 0.5) is 0 Å². The zero-order valence-electron chi connectivity index (χ0n) is 10.4. The van der Waals surface area contributed by atoms with Crippen LogP contribution in [0.25, 0.3) is 0 Å². The van der Waals surface area contributed by atoms with E-state index >= 15 is 0 Å². The third kappa shape index (κ3) is 3.30. The van der Waals surface area contributed by atoms with Crippen LogP contribution in [-0.2, 0) is 0 Å². The molecule has 0 aromatic heterocycles. The molecule has 3 rings (SSSR count). The second kappa shape index (κ2) is 5.19. The van der Waals surface area contributed by atoms with E-state index < -0.39 is 0 Å². The topological polar surface area (TPSA) is 24.1 Å². The number of hydrogen-bond donors (Lipinski definition) is 2. The molecule has 0 aliphatic heterocycles. The second-order valence-corrected chi connectivity index (χ2v) is 5.40.